The van der Waals surface area contributed by atoms with Crippen LogP contribution in [-0.2, 0) is 9.47 Å². The summed E-state index contributed by atoms with van der Waals surface area (Å²) < 4.78 is 11.7. The van der Waals surface area contributed by atoms with Crippen LogP contribution in [0.5, 0.6) is 0 Å². The highest BCUT2D eigenvalue weighted by Gasteiger charge is 2.45. The summed E-state index contributed by atoms with van der Waals surface area (Å²) in [7, 11) is 0. The highest BCUT2D eigenvalue weighted by Crippen LogP contribution is 2.45. The SMILES string of the molecule is CCOC(C(C)C)C(O)C1CCOC2(CCC2)C1. The van der Waals surface area contributed by atoms with E-state index in [2.05, 4.69) is 13.8 Å². The Morgan fingerprint density at radius 2 is 2.11 bits per heavy atom. The second kappa shape index (κ2) is 5.89. The van der Waals surface area contributed by atoms with Gasteiger partial charge in [0.2, 0.25) is 0 Å². The zero-order valence-corrected chi connectivity index (χ0v) is 12.0. The molecule has 0 aromatic carbocycles. The fraction of sp³-hybridized carbons (Fsp3) is 1.00. The summed E-state index contributed by atoms with van der Waals surface area (Å²) in [6.45, 7) is 7.73. The topological polar surface area (TPSA) is 38.7 Å². The maximum atomic E-state index is 10.6. The van der Waals surface area contributed by atoms with Crippen LogP contribution in [0.2, 0.25) is 0 Å². The molecule has 2 fully saturated rings. The summed E-state index contributed by atoms with van der Waals surface area (Å²) >= 11 is 0. The fourth-order valence-electron chi connectivity index (χ4n) is 3.42. The van der Waals surface area contributed by atoms with E-state index in [1.807, 2.05) is 6.92 Å². The maximum absolute atomic E-state index is 10.6. The lowest BCUT2D eigenvalue weighted by Gasteiger charge is -2.49. The van der Waals surface area contributed by atoms with E-state index >= 15 is 0 Å². The molecule has 0 bridgehead atoms. The van der Waals surface area contributed by atoms with Gasteiger partial charge in [-0.1, -0.05) is 13.8 Å². The van der Waals surface area contributed by atoms with Gasteiger partial charge in [0.05, 0.1) is 17.8 Å². The first-order valence-corrected chi connectivity index (χ1v) is 7.51. The first kappa shape index (κ1) is 14.3. The largest absolute Gasteiger partial charge is 0.390 e. The van der Waals surface area contributed by atoms with Crippen LogP contribution >= 0.6 is 0 Å². The Hall–Kier alpha value is -0.120. The van der Waals surface area contributed by atoms with E-state index in [0.29, 0.717) is 18.4 Å². The first-order valence-electron chi connectivity index (χ1n) is 7.51. The van der Waals surface area contributed by atoms with Crippen molar-refractivity contribution in [1.82, 2.24) is 0 Å². The van der Waals surface area contributed by atoms with Crippen molar-refractivity contribution in [3.05, 3.63) is 0 Å². The van der Waals surface area contributed by atoms with Gasteiger partial charge < -0.3 is 14.6 Å². The Balaban J connectivity index is 1.96. The quantitative estimate of drug-likeness (QED) is 0.822. The predicted octanol–water partition coefficient (Wildman–Crippen LogP) is 2.76. The van der Waals surface area contributed by atoms with Gasteiger partial charge in [-0.05, 0) is 50.9 Å². The highest BCUT2D eigenvalue weighted by atomic mass is 16.5. The zero-order chi connectivity index (χ0) is 13.2. The first-order chi connectivity index (χ1) is 8.58. The van der Waals surface area contributed by atoms with Crippen LogP contribution in [0.25, 0.3) is 0 Å². The Bertz CT molecular complexity index is 260. The third kappa shape index (κ3) is 2.89. The van der Waals surface area contributed by atoms with Crippen LogP contribution in [-0.4, -0.2) is 36.1 Å². The summed E-state index contributed by atoms with van der Waals surface area (Å²) in [5, 5.41) is 10.6. The Morgan fingerprint density at radius 1 is 1.39 bits per heavy atom. The molecule has 2 aliphatic rings. The van der Waals surface area contributed by atoms with Crippen LogP contribution in [0, 0.1) is 11.8 Å². The lowest BCUT2D eigenvalue weighted by atomic mass is 9.70. The summed E-state index contributed by atoms with van der Waals surface area (Å²) in [5.41, 5.74) is 0.109. The molecule has 18 heavy (non-hydrogen) atoms. The standard InChI is InChI=1S/C15H28O3/c1-4-17-14(11(2)3)13(16)12-6-9-18-15(10-12)7-5-8-15/h11-14,16H,4-10H2,1-3H3. The molecule has 1 aliphatic carbocycles. The van der Waals surface area contributed by atoms with E-state index in [-0.39, 0.29) is 17.8 Å². The molecular formula is C15H28O3. The van der Waals surface area contributed by atoms with Gasteiger partial charge in [0.1, 0.15) is 0 Å². The zero-order valence-electron chi connectivity index (χ0n) is 12.0. The van der Waals surface area contributed by atoms with Gasteiger partial charge >= 0.3 is 0 Å². The van der Waals surface area contributed by atoms with Crippen molar-refractivity contribution < 1.29 is 14.6 Å². The van der Waals surface area contributed by atoms with Gasteiger partial charge in [0, 0.05) is 13.2 Å². The minimum Gasteiger partial charge on any atom is -0.390 e. The van der Waals surface area contributed by atoms with Crippen molar-refractivity contribution in [2.24, 2.45) is 11.8 Å². The van der Waals surface area contributed by atoms with Crippen LogP contribution in [0.15, 0.2) is 0 Å². The van der Waals surface area contributed by atoms with Crippen LogP contribution < -0.4 is 0 Å². The molecule has 3 atom stereocenters. The molecule has 1 aliphatic heterocycles. The maximum Gasteiger partial charge on any atom is 0.0859 e. The van der Waals surface area contributed by atoms with E-state index in [0.717, 1.165) is 19.4 Å². The number of aliphatic hydroxyl groups excluding tert-OH is 1. The third-order valence-corrected chi connectivity index (χ3v) is 4.63. The molecule has 0 amide bonds. The average Bonchev–Trinajstić information content (AvgIpc) is 2.33. The van der Waals surface area contributed by atoms with Gasteiger partial charge in [-0.2, -0.15) is 0 Å². The summed E-state index contributed by atoms with van der Waals surface area (Å²) in [6, 6.07) is 0. The molecule has 106 valence electrons. The number of aliphatic hydroxyl groups is 1. The molecule has 2 rings (SSSR count). The van der Waals surface area contributed by atoms with Crippen molar-refractivity contribution in [2.75, 3.05) is 13.2 Å². The monoisotopic (exact) mass is 256 g/mol. The number of rotatable bonds is 5. The molecule has 0 radical (unpaired) electrons. The predicted molar refractivity (Wildman–Crippen MR) is 71.5 cm³/mol. The van der Waals surface area contributed by atoms with Crippen molar-refractivity contribution in [1.29, 1.82) is 0 Å². The van der Waals surface area contributed by atoms with E-state index in [1.54, 1.807) is 0 Å². The third-order valence-electron chi connectivity index (χ3n) is 4.63. The molecule has 1 heterocycles. The van der Waals surface area contributed by atoms with E-state index < -0.39 is 0 Å². The van der Waals surface area contributed by atoms with E-state index in [4.69, 9.17) is 9.47 Å². The van der Waals surface area contributed by atoms with Gasteiger partial charge in [-0.25, -0.2) is 0 Å². The van der Waals surface area contributed by atoms with Crippen molar-refractivity contribution in [2.45, 2.75) is 70.7 Å². The smallest absolute Gasteiger partial charge is 0.0859 e. The van der Waals surface area contributed by atoms with Crippen LogP contribution in [0.1, 0.15) is 52.9 Å². The second-order valence-electron chi connectivity index (χ2n) is 6.29. The normalized spacial score (nSPS) is 30.2. The number of hydrogen-bond acceptors (Lipinski definition) is 3. The van der Waals surface area contributed by atoms with E-state index in [1.165, 1.54) is 19.3 Å². The average molecular weight is 256 g/mol. The number of ether oxygens (including phenoxy) is 2. The van der Waals surface area contributed by atoms with Crippen molar-refractivity contribution >= 4 is 0 Å². The molecule has 1 spiro atoms. The lowest BCUT2D eigenvalue weighted by Crippen LogP contribution is -2.50. The molecule has 0 aromatic heterocycles. The van der Waals surface area contributed by atoms with Crippen molar-refractivity contribution in [3.8, 4) is 0 Å². The minimum atomic E-state index is -0.341. The van der Waals surface area contributed by atoms with Gasteiger partial charge in [0.25, 0.3) is 0 Å². The lowest BCUT2D eigenvalue weighted by molar-refractivity contribution is -0.173. The summed E-state index contributed by atoms with van der Waals surface area (Å²) in [4.78, 5) is 0. The van der Waals surface area contributed by atoms with Gasteiger partial charge in [0.15, 0.2) is 0 Å². The molecule has 1 saturated carbocycles. The molecule has 0 aromatic rings. The Morgan fingerprint density at radius 3 is 2.61 bits per heavy atom. The summed E-state index contributed by atoms with van der Waals surface area (Å²) in [5.74, 6) is 0.707. The highest BCUT2D eigenvalue weighted by molar-refractivity contribution is 4.96. The van der Waals surface area contributed by atoms with E-state index in [9.17, 15) is 5.11 Å². The van der Waals surface area contributed by atoms with Crippen molar-refractivity contribution in [3.63, 3.8) is 0 Å². The summed E-state index contributed by atoms with van der Waals surface area (Å²) in [6.07, 6.45) is 5.25. The number of hydrogen-bond donors (Lipinski definition) is 1. The van der Waals surface area contributed by atoms with Gasteiger partial charge in [-0.3, -0.25) is 0 Å². The Kier molecular flexibility index (Phi) is 4.68. The molecule has 3 unspecified atom stereocenters. The van der Waals surface area contributed by atoms with Crippen LogP contribution in [0.3, 0.4) is 0 Å². The molecule has 3 nitrogen and oxygen atoms in total. The molecular weight excluding hydrogens is 228 g/mol. The van der Waals surface area contributed by atoms with Gasteiger partial charge in [-0.15, -0.1) is 0 Å². The second-order valence-corrected chi connectivity index (χ2v) is 6.29. The Labute approximate surface area is 111 Å². The molecule has 1 saturated heterocycles. The fourth-order valence-corrected chi connectivity index (χ4v) is 3.42. The van der Waals surface area contributed by atoms with Crippen LogP contribution in [0.4, 0.5) is 0 Å². The molecule has 3 heteroatoms. The molecule has 1 N–H and O–H groups in total. The minimum absolute atomic E-state index is 0.0322.